The van der Waals surface area contributed by atoms with E-state index in [9.17, 15) is 9.90 Å². The fourth-order valence-corrected chi connectivity index (χ4v) is 3.81. The van der Waals surface area contributed by atoms with Gasteiger partial charge in [-0.15, -0.1) is 0 Å². The molecule has 0 amide bonds. The molecular weight excluding hydrogens is 359 g/mol. The van der Waals surface area contributed by atoms with Crippen LogP contribution in [0.2, 0.25) is 0 Å². The van der Waals surface area contributed by atoms with Crippen molar-refractivity contribution >= 4 is 57.4 Å². The van der Waals surface area contributed by atoms with Gasteiger partial charge in [0.25, 0.3) is 0 Å². The van der Waals surface area contributed by atoms with Crippen molar-refractivity contribution in [3.63, 3.8) is 0 Å². The van der Waals surface area contributed by atoms with Gasteiger partial charge in [-0.05, 0) is 19.8 Å². The van der Waals surface area contributed by atoms with E-state index in [1.807, 2.05) is 6.92 Å². The maximum absolute atomic E-state index is 11.7. The van der Waals surface area contributed by atoms with Crippen LogP contribution in [0.25, 0.3) is 0 Å². The molecule has 0 saturated carbocycles. The summed E-state index contributed by atoms with van der Waals surface area (Å²) in [6, 6.07) is 0. The molecule has 0 aliphatic carbocycles. The molecule has 0 heterocycles. The molecule has 27 heavy (non-hydrogen) atoms. The van der Waals surface area contributed by atoms with Gasteiger partial charge in [-0.25, -0.2) is 0 Å². The zero-order chi connectivity index (χ0) is 19.5. The first-order chi connectivity index (χ1) is 12.6. The van der Waals surface area contributed by atoms with Crippen molar-refractivity contribution in [2.75, 3.05) is 0 Å². The number of aliphatic carboxylic acids is 1. The third-order valence-electron chi connectivity index (χ3n) is 5.93. The zero-order valence-electron chi connectivity index (χ0n) is 18.3. The molecule has 0 aliphatic rings. The molecule has 2 nitrogen and oxygen atoms in total. The van der Waals surface area contributed by atoms with E-state index >= 15 is 0 Å². The zero-order valence-corrected chi connectivity index (χ0v) is 18.3. The van der Waals surface area contributed by atoms with Crippen LogP contribution in [0.15, 0.2) is 0 Å². The number of hydrogen-bond acceptors (Lipinski definition) is 1. The van der Waals surface area contributed by atoms with Gasteiger partial charge in [0.05, 0.1) is 5.41 Å². The third kappa shape index (κ3) is 18.9. The van der Waals surface area contributed by atoms with Crippen LogP contribution < -0.4 is 0 Å². The number of rotatable bonds is 20. The van der Waals surface area contributed by atoms with Crippen LogP contribution in [0.4, 0.5) is 0 Å². The van der Waals surface area contributed by atoms with Crippen LogP contribution in [-0.2, 0) is 4.79 Å². The van der Waals surface area contributed by atoms with Gasteiger partial charge in [-0.1, -0.05) is 123 Å². The second kappa shape index (κ2) is 21.8. The summed E-state index contributed by atoms with van der Waals surface area (Å²) in [5.74, 6) is -0.584. The van der Waals surface area contributed by atoms with Gasteiger partial charge >= 0.3 is 57.4 Å². The van der Waals surface area contributed by atoms with Crippen molar-refractivity contribution in [1.82, 2.24) is 0 Å². The van der Waals surface area contributed by atoms with Crippen LogP contribution in [0, 0.1) is 5.41 Å². The molecule has 0 aromatic rings. The number of carboxylic acids is 1. The number of carboxylic acid groups (broad SMARTS) is 1. The molecule has 1 unspecified atom stereocenters. The quantitative estimate of drug-likeness (QED) is 0.164. The third-order valence-corrected chi connectivity index (χ3v) is 5.93. The second-order valence-corrected chi connectivity index (χ2v) is 8.67. The van der Waals surface area contributed by atoms with Gasteiger partial charge < -0.3 is 5.11 Å². The summed E-state index contributed by atoms with van der Waals surface area (Å²) in [6.07, 6.45) is 23.7. The Kier molecular flexibility index (Phi) is 24.5. The molecule has 0 spiro atoms. The Morgan fingerprint density at radius 3 is 1.11 bits per heavy atom. The van der Waals surface area contributed by atoms with E-state index in [0.717, 1.165) is 25.7 Å². The molecule has 0 bridgehead atoms. The van der Waals surface area contributed by atoms with E-state index in [0.29, 0.717) is 0 Å². The summed E-state index contributed by atoms with van der Waals surface area (Å²) >= 11 is 0. The van der Waals surface area contributed by atoms with Gasteiger partial charge in [0.2, 0.25) is 0 Å². The molecule has 1 N–H and O–H groups in total. The minimum atomic E-state index is -0.584. The van der Waals surface area contributed by atoms with Crippen LogP contribution in [0.5, 0.6) is 0 Å². The van der Waals surface area contributed by atoms with Crippen LogP contribution in [-0.4, -0.2) is 62.5 Å². The molecule has 1 atom stereocenters. The summed E-state index contributed by atoms with van der Waals surface area (Å²) in [5, 5.41) is 9.65. The van der Waals surface area contributed by atoms with Crippen molar-refractivity contribution in [1.29, 1.82) is 0 Å². The van der Waals surface area contributed by atoms with Crippen molar-refractivity contribution < 1.29 is 9.90 Å². The summed E-state index contributed by atoms with van der Waals surface area (Å²) < 4.78 is 0. The molecule has 158 valence electrons. The molecule has 0 aromatic carbocycles. The van der Waals surface area contributed by atoms with Crippen molar-refractivity contribution in [3.8, 4) is 0 Å². The topological polar surface area (TPSA) is 37.3 Å². The molecule has 0 saturated heterocycles. The Balaban J connectivity index is 0. The van der Waals surface area contributed by atoms with E-state index in [2.05, 4.69) is 13.8 Å². The van der Waals surface area contributed by atoms with Gasteiger partial charge in [-0.2, -0.15) is 0 Å². The number of hydrogen-bond donors (Lipinski definition) is 1. The summed E-state index contributed by atoms with van der Waals surface area (Å²) in [4.78, 5) is 11.7. The SMILES string of the molecule is CCCCCCCCCCCCC(C)(CCCCCCCCC)C(=O)O.[KH]. The molecule has 3 heteroatoms. The van der Waals surface area contributed by atoms with E-state index in [1.54, 1.807) is 0 Å². The first kappa shape index (κ1) is 30.3. The fraction of sp³-hybridized carbons (Fsp3) is 0.958. The average Bonchev–Trinajstić information content (AvgIpc) is 2.62. The Morgan fingerprint density at radius 1 is 0.593 bits per heavy atom. The van der Waals surface area contributed by atoms with Gasteiger partial charge in [0, 0.05) is 0 Å². The number of carbonyl (C=O) groups is 1. The first-order valence-corrected chi connectivity index (χ1v) is 11.8. The van der Waals surface area contributed by atoms with Gasteiger partial charge in [-0.3, -0.25) is 4.79 Å². The molecule has 0 aliphatic heterocycles. The molecule has 0 fully saturated rings. The first-order valence-electron chi connectivity index (χ1n) is 11.8. The summed E-state index contributed by atoms with van der Waals surface area (Å²) in [6.45, 7) is 6.48. The maximum atomic E-state index is 11.7. The fourth-order valence-electron chi connectivity index (χ4n) is 3.81. The van der Waals surface area contributed by atoms with Gasteiger partial charge in [0.1, 0.15) is 0 Å². The molecule has 0 radical (unpaired) electrons. The number of unbranched alkanes of at least 4 members (excludes halogenated alkanes) is 15. The summed E-state index contributed by atoms with van der Waals surface area (Å²) in [7, 11) is 0. The van der Waals surface area contributed by atoms with Crippen LogP contribution in [0.1, 0.15) is 143 Å². The van der Waals surface area contributed by atoms with Crippen LogP contribution >= 0.6 is 0 Å². The predicted molar refractivity (Wildman–Crippen MR) is 122 cm³/mol. The van der Waals surface area contributed by atoms with E-state index < -0.39 is 11.4 Å². The van der Waals surface area contributed by atoms with Crippen molar-refractivity contribution in [3.05, 3.63) is 0 Å². The standard InChI is InChI=1S/C24H48O2.K.H/c1-4-6-8-10-12-13-14-16-18-20-22-24(3,23(25)26)21-19-17-15-11-9-7-5-2;;/h4-22H2,1-3H3,(H,25,26);;. The predicted octanol–water partition coefficient (Wildman–Crippen LogP) is 7.88. The van der Waals surface area contributed by atoms with E-state index in [4.69, 9.17) is 0 Å². The molecular formula is C24H49KO2. The summed E-state index contributed by atoms with van der Waals surface area (Å²) in [5.41, 5.74) is -0.496. The Labute approximate surface area is 213 Å². The van der Waals surface area contributed by atoms with Gasteiger partial charge in [0.15, 0.2) is 0 Å². The van der Waals surface area contributed by atoms with E-state index in [1.165, 1.54) is 96.3 Å². The van der Waals surface area contributed by atoms with Crippen LogP contribution in [0.3, 0.4) is 0 Å². The normalized spacial score (nSPS) is 13.1. The Bertz CT molecular complexity index is 320. The van der Waals surface area contributed by atoms with Crippen molar-refractivity contribution in [2.24, 2.45) is 5.41 Å². The average molecular weight is 409 g/mol. The van der Waals surface area contributed by atoms with E-state index in [-0.39, 0.29) is 51.4 Å². The molecule has 0 rings (SSSR count). The van der Waals surface area contributed by atoms with Crippen molar-refractivity contribution in [2.45, 2.75) is 143 Å². The monoisotopic (exact) mass is 408 g/mol. The minimum absolute atomic E-state index is 0. The second-order valence-electron chi connectivity index (χ2n) is 8.67. The Hall–Kier alpha value is 1.11. The Morgan fingerprint density at radius 2 is 0.852 bits per heavy atom. The molecule has 0 aromatic heterocycles.